The first-order valence-corrected chi connectivity index (χ1v) is 16.4. The maximum atomic E-state index is 14.0. The third-order valence-corrected chi connectivity index (χ3v) is 9.65. The number of amides is 1. The van der Waals surface area contributed by atoms with E-state index in [1.54, 1.807) is 56.1 Å². The number of hydrogen-bond donors (Lipinski definition) is 3. The Balaban J connectivity index is 1.40. The van der Waals surface area contributed by atoms with E-state index in [9.17, 15) is 22.9 Å². The minimum Gasteiger partial charge on any atom is -0.339 e. The molecule has 5 rings (SSSR count). The molecule has 14 heteroatoms. The van der Waals surface area contributed by atoms with E-state index >= 15 is 0 Å². The van der Waals surface area contributed by atoms with E-state index in [0.29, 0.717) is 37.6 Å². The molecule has 1 amide bonds. The van der Waals surface area contributed by atoms with Gasteiger partial charge in [0.15, 0.2) is 6.16 Å². The van der Waals surface area contributed by atoms with Crippen LogP contribution in [0.3, 0.4) is 0 Å². The molecule has 10 nitrogen and oxygen atoms in total. The highest BCUT2D eigenvalue weighted by Gasteiger charge is 2.40. The van der Waals surface area contributed by atoms with E-state index < -0.39 is 25.5 Å². The molecular formula is C30H37F3N6O4P+. The number of carbonyl (C=O) groups excluding carboxylic acids is 1. The number of fused-ring (bicyclic) bond motifs is 1. The maximum Gasteiger partial charge on any atom is 0.421 e. The average molecular weight is 634 g/mol. The van der Waals surface area contributed by atoms with Crippen LogP contribution in [0, 0.1) is 0 Å². The molecule has 2 aromatic carbocycles. The number of benzene rings is 2. The van der Waals surface area contributed by atoms with Gasteiger partial charge in [-0.15, -0.1) is 0 Å². The largest absolute Gasteiger partial charge is 0.421 e. The van der Waals surface area contributed by atoms with Gasteiger partial charge in [-0.05, 0) is 74.7 Å². The molecular weight excluding hydrogens is 596 g/mol. The van der Waals surface area contributed by atoms with E-state index in [4.69, 9.17) is 9.05 Å². The van der Waals surface area contributed by atoms with Crippen molar-refractivity contribution in [2.24, 2.45) is 0 Å². The summed E-state index contributed by atoms with van der Waals surface area (Å²) in [5, 5.41) is 5.75. The minimum atomic E-state index is -4.73. The fourth-order valence-electron chi connectivity index (χ4n) is 5.51. The van der Waals surface area contributed by atoms with Gasteiger partial charge in [0, 0.05) is 32.0 Å². The molecule has 0 saturated carbocycles. The maximum absolute atomic E-state index is 14.0. The van der Waals surface area contributed by atoms with Crippen LogP contribution in [0.4, 0.5) is 36.3 Å². The number of rotatable bonds is 12. The normalized spacial score (nSPS) is 15.6. The number of hydrogen-bond acceptors (Lipinski definition) is 9. The molecule has 3 aromatic rings. The second kappa shape index (κ2) is 13.3. The third kappa shape index (κ3) is 7.30. The molecule has 1 fully saturated rings. The van der Waals surface area contributed by atoms with Crippen LogP contribution in [0.25, 0.3) is 0 Å². The summed E-state index contributed by atoms with van der Waals surface area (Å²) in [6.07, 6.45) is -1.57. The van der Waals surface area contributed by atoms with Crippen molar-refractivity contribution < 1.29 is 31.9 Å². The molecule has 1 aromatic heterocycles. The molecule has 0 unspecified atom stereocenters. The summed E-state index contributed by atoms with van der Waals surface area (Å²) in [4.78, 5) is 35.8. The molecule has 236 valence electrons. The van der Waals surface area contributed by atoms with Crippen molar-refractivity contribution >= 4 is 37.0 Å². The average Bonchev–Trinajstić information content (AvgIpc) is 3.58. The quantitative estimate of drug-likeness (QED) is 0.193. The zero-order chi connectivity index (χ0) is 31.5. The first-order valence-electron chi connectivity index (χ1n) is 14.6. The topological polar surface area (TPSA) is 112 Å². The van der Waals surface area contributed by atoms with Crippen molar-refractivity contribution in [2.45, 2.75) is 52.1 Å². The lowest BCUT2D eigenvalue weighted by molar-refractivity contribution is -0.137. The first kappa shape index (κ1) is 32.1. The molecule has 0 atom stereocenters. The second-order valence-electron chi connectivity index (χ2n) is 10.8. The van der Waals surface area contributed by atoms with Gasteiger partial charge in [0.05, 0.1) is 24.5 Å². The number of halogens is 3. The lowest BCUT2D eigenvalue weighted by Gasteiger charge is -2.19. The van der Waals surface area contributed by atoms with Crippen LogP contribution >= 0.6 is 7.94 Å². The Hall–Kier alpha value is -3.35. The summed E-state index contributed by atoms with van der Waals surface area (Å²) >= 11 is 0. The summed E-state index contributed by atoms with van der Waals surface area (Å²) < 4.78 is 53.1. The van der Waals surface area contributed by atoms with Crippen LogP contribution in [0.5, 0.6) is 0 Å². The molecule has 44 heavy (non-hydrogen) atoms. The van der Waals surface area contributed by atoms with Gasteiger partial charge in [0.25, 0.3) is 5.91 Å². The summed E-state index contributed by atoms with van der Waals surface area (Å²) in [5.41, 5.74) is 2.68. The van der Waals surface area contributed by atoms with Crippen LogP contribution in [-0.4, -0.2) is 63.9 Å². The first-order chi connectivity index (χ1) is 21.0. The number of alkyl halides is 3. The molecule has 0 bridgehead atoms. The van der Waals surface area contributed by atoms with Gasteiger partial charge < -0.3 is 15.5 Å². The summed E-state index contributed by atoms with van der Waals surface area (Å²) in [6.45, 7) is 7.21. The number of nitrogens with one attached hydrogen (secondary N) is 2. The van der Waals surface area contributed by atoms with Crippen molar-refractivity contribution in [3.63, 3.8) is 0 Å². The third-order valence-electron chi connectivity index (χ3n) is 7.56. The number of carbonyl (C=O) groups is 1. The molecule has 0 aliphatic carbocycles. The predicted octanol–water partition coefficient (Wildman–Crippen LogP) is 6.49. The van der Waals surface area contributed by atoms with Gasteiger partial charge in [0.2, 0.25) is 5.95 Å². The SMILES string of the molecule is CCO[P+](O)(Cc1ccc(Nc2ncc(C(F)(F)F)c(Nc3ccc(CN4CCCC4)c4c3C(=O)N(C)C4)n2)cc1)OCC. The molecule has 3 N–H and O–H groups in total. The van der Waals surface area contributed by atoms with Gasteiger partial charge >= 0.3 is 14.1 Å². The number of likely N-dealkylation sites (tertiary alicyclic amines) is 1. The van der Waals surface area contributed by atoms with Crippen molar-refractivity contribution in [3.8, 4) is 0 Å². The summed E-state index contributed by atoms with van der Waals surface area (Å²) in [7, 11) is -1.37. The highest BCUT2D eigenvalue weighted by molar-refractivity contribution is 7.59. The molecule has 0 spiro atoms. The van der Waals surface area contributed by atoms with E-state index in [1.165, 1.54) is 0 Å². The monoisotopic (exact) mass is 633 g/mol. The molecule has 0 radical (unpaired) electrons. The number of aromatic nitrogens is 2. The Labute approximate surface area is 255 Å². The van der Waals surface area contributed by atoms with Crippen LogP contribution < -0.4 is 10.6 Å². The van der Waals surface area contributed by atoms with Crippen molar-refractivity contribution in [3.05, 3.63) is 70.4 Å². The standard InChI is InChI=1S/C30H36F3N6O4P/c1-4-42-44(41,43-5-2)19-20-8-11-22(12-9-20)35-29-34-16-24(30(31,32)33)27(37-29)36-25-13-10-21(17-39-14-6-7-15-39)23-18-38(3)28(40)26(23)25/h8-13,16,41H,4-7,14-15,17-19H2,1-3H3,(H-,34,35,36,37,40)/p+1. The van der Waals surface area contributed by atoms with Crippen molar-refractivity contribution in [1.29, 1.82) is 0 Å². The lowest BCUT2D eigenvalue weighted by Crippen LogP contribution is -2.19. The Morgan fingerprint density at radius 3 is 2.34 bits per heavy atom. The van der Waals surface area contributed by atoms with Gasteiger partial charge in [-0.3, -0.25) is 9.69 Å². The smallest absolute Gasteiger partial charge is 0.339 e. The highest BCUT2D eigenvalue weighted by atomic mass is 31.2. The van der Waals surface area contributed by atoms with E-state index in [0.717, 1.165) is 48.8 Å². The van der Waals surface area contributed by atoms with Crippen molar-refractivity contribution in [1.82, 2.24) is 19.8 Å². The molecule has 3 heterocycles. The van der Waals surface area contributed by atoms with E-state index in [2.05, 4.69) is 25.5 Å². The van der Waals surface area contributed by atoms with Gasteiger partial charge in [-0.2, -0.15) is 32.1 Å². The molecule has 1 saturated heterocycles. The number of anilines is 4. The Morgan fingerprint density at radius 2 is 1.70 bits per heavy atom. The Bertz CT molecular complexity index is 1480. The lowest BCUT2D eigenvalue weighted by atomic mass is 10.0. The number of nitrogens with zero attached hydrogens (tertiary/aromatic N) is 4. The van der Waals surface area contributed by atoms with E-state index in [1.807, 2.05) is 6.07 Å². The van der Waals surface area contributed by atoms with Crippen LogP contribution in [-0.2, 0) is 34.5 Å². The molecule has 2 aliphatic rings. The fourth-order valence-corrected chi connectivity index (χ4v) is 7.24. The van der Waals surface area contributed by atoms with Gasteiger partial charge in [-0.25, -0.2) is 4.98 Å². The van der Waals surface area contributed by atoms with Crippen LogP contribution in [0.1, 0.15) is 59.3 Å². The van der Waals surface area contributed by atoms with Crippen LogP contribution in [0.15, 0.2) is 42.6 Å². The minimum absolute atomic E-state index is 0.0633. The second-order valence-corrected chi connectivity index (χ2v) is 12.9. The predicted molar refractivity (Wildman–Crippen MR) is 163 cm³/mol. The Kier molecular flexibility index (Phi) is 9.71. The molecule has 2 aliphatic heterocycles. The zero-order valence-electron chi connectivity index (χ0n) is 24.9. The van der Waals surface area contributed by atoms with Gasteiger partial charge in [0.1, 0.15) is 11.4 Å². The summed E-state index contributed by atoms with van der Waals surface area (Å²) in [5.74, 6) is -0.784. The summed E-state index contributed by atoms with van der Waals surface area (Å²) in [6, 6.07) is 10.4. The van der Waals surface area contributed by atoms with Crippen LogP contribution in [0.2, 0.25) is 0 Å². The fraction of sp³-hybridized carbons (Fsp3) is 0.433. The Morgan fingerprint density at radius 1 is 1.02 bits per heavy atom. The van der Waals surface area contributed by atoms with Gasteiger partial charge in [-0.1, -0.05) is 18.2 Å². The highest BCUT2D eigenvalue weighted by Crippen LogP contribution is 2.59. The van der Waals surface area contributed by atoms with E-state index in [-0.39, 0.29) is 23.7 Å². The zero-order valence-corrected chi connectivity index (χ0v) is 25.8. The van der Waals surface area contributed by atoms with Crippen molar-refractivity contribution in [2.75, 3.05) is 44.0 Å².